The van der Waals surface area contributed by atoms with Crippen molar-refractivity contribution in [2.75, 3.05) is 0 Å². The van der Waals surface area contributed by atoms with Gasteiger partial charge in [0, 0.05) is 32.7 Å². The molecule has 0 amide bonds. The van der Waals surface area contributed by atoms with Crippen LogP contribution in [0.3, 0.4) is 0 Å². The van der Waals surface area contributed by atoms with E-state index in [0.717, 1.165) is 44.1 Å². The summed E-state index contributed by atoms with van der Waals surface area (Å²) >= 11 is 3.13. The third-order valence-electron chi connectivity index (χ3n) is 5.05. The highest BCUT2D eigenvalue weighted by molar-refractivity contribution is 7.98. The molecule has 4 nitrogen and oxygen atoms in total. The molecular formula is C23H19F3N2O2S2. The van der Waals surface area contributed by atoms with Gasteiger partial charge in [-0.15, -0.1) is 23.1 Å². The number of carboxylic acid groups (broad SMARTS) is 1. The maximum Gasteiger partial charge on any atom is 0.416 e. The second-order valence-electron chi connectivity index (χ2n) is 7.41. The van der Waals surface area contributed by atoms with Gasteiger partial charge in [0.1, 0.15) is 11.6 Å². The molecule has 4 aromatic rings. The largest absolute Gasteiger partial charge is 0.480 e. The van der Waals surface area contributed by atoms with Crippen LogP contribution in [-0.4, -0.2) is 20.6 Å². The fourth-order valence-corrected chi connectivity index (χ4v) is 5.79. The normalized spacial score (nSPS) is 11.9. The third-order valence-corrected chi connectivity index (χ3v) is 7.44. The van der Waals surface area contributed by atoms with Crippen LogP contribution in [0.5, 0.6) is 0 Å². The predicted octanol–water partition coefficient (Wildman–Crippen LogP) is 6.78. The molecule has 0 atom stereocenters. The third kappa shape index (κ3) is 4.68. The van der Waals surface area contributed by atoms with Crippen molar-refractivity contribution >= 4 is 40.0 Å². The van der Waals surface area contributed by atoms with E-state index in [9.17, 15) is 18.0 Å². The molecule has 9 heteroatoms. The highest BCUT2D eigenvalue weighted by Gasteiger charge is 2.30. The number of halogens is 3. The summed E-state index contributed by atoms with van der Waals surface area (Å²) in [4.78, 5) is 17.7. The van der Waals surface area contributed by atoms with Gasteiger partial charge >= 0.3 is 12.1 Å². The van der Waals surface area contributed by atoms with E-state index in [-0.39, 0.29) is 6.54 Å². The number of aryl methyl sites for hydroxylation is 2. The van der Waals surface area contributed by atoms with Crippen LogP contribution in [0.1, 0.15) is 21.7 Å². The Bertz CT molecular complexity index is 1290. The van der Waals surface area contributed by atoms with E-state index in [1.54, 1.807) is 22.5 Å². The molecule has 1 N–H and O–H groups in total. The minimum Gasteiger partial charge on any atom is -0.480 e. The maximum absolute atomic E-state index is 12.8. The van der Waals surface area contributed by atoms with Gasteiger partial charge in [-0.1, -0.05) is 12.1 Å². The van der Waals surface area contributed by atoms with Gasteiger partial charge in [0.05, 0.1) is 16.8 Å². The fourth-order valence-electron chi connectivity index (χ4n) is 3.53. The number of rotatable bonds is 6. The second kappa shape index (κ2) is 8.63. The molecule has 0 bridgehead atoms. The van der Waals surface area contributed by atoms with E-state index in [0.29, 0.717) is 16.3 Å². The van der Waals surface area contributed by atoms with Crippen LogP contribution in [-0.2, 0) is 23.3 Å². The summed E-state index contributed by atoms with van der Waals surface area (Å²) < 4.78 is 40.1. The van der Waals surface area contributed by atoms with Gasteiger partial charge < -0.3 is 9.67 Å². The number of benzene rings is 2. The number of nitrogens with zero attached hydrogens (tertiary/aromatic N) is 2. The Labute approximate surface area is 190 Å². The SMILES string of the molecule is Cc1nc(-c2ccc(C(F)(F)F)cc2)sc1CSc1cc(C)c2c(ccn2CC(=O)O)c1. The number of carboxylic acids is 1. The van der Waals surface area contributed by atoms with Crippen molar-refractivity contribution in [2.45, 2.75) is 37.2 Å². The Kier molecular flexibility index (Phi) is 6.05. The highest BCUT2D eigenvalue weighted by atomic mass is 32.2. The average molecular weight is 477 g/mol. The van der Waals surface area contributed by atoms with Gasteiger partial charge in [0.15, 0.2) is 0 Å². The molecule has 2 heterocycles. The summed E-state index contributed by atoms with van der Waals surface area (Å²) in [6.07, 6.45) is -2.57. The van der Waals surface area contributed by atoms with Crippen molar-refractivity contribution in [3.63, 3.8) is 0 Å². The summed E-state index contributed by atoms with van der Waals surface area (Å²) in [5, 5.41) is 10.8. The van der Waals surface area contributed by atoms with Crippen molar-refractivity contribution in [1.82, 2.24) is 9.55 Å². The first-order chi connectivity index (χ1) is 15.1. The summed E-state index contributed by atoms with van der Waals surface area (Å²) in [6, 6.07) is 11.1. The number of thioether (sulfide) groups is 1. The van der Waals surface area contributed by atoms with E-state index in [1.807, 2.05) is 32.0 Å². The van der Waals surface area contributed by atoms with Crippen LogP contribution in [0.25, 0.3) is 21.5 Å². The first-order valence-electron chi connectivity index (χ1n) is 9.70. The topological polar surface area (TPSA) is 55.1 Å². The first-order valence-corrected chi connectivity index (χ1v) is 11.5. The van der Waals surface area contributed by atoms with E-state index < -0.39 is 17.7 Å². The van der Waals surface area contributed by atoms with Crippen molar-refractivity contribution in [1.29, 1.82) is 0 Å². The maximum atomic E-state index is 12.8. The lowest BCUT2D eigenvalue weighted by Gasteiger charge is -2.08. The highest BCUT2D eigenvalue weighted by Crippen LogP contribution is 2.36. The lowest BCUT2D eigenvalue weighted by Crippen LogP contribution is -2.07. The first kappa shape index (κ1) is 22.4. The quantitative estimate of drug-likeness (QED) is 0.312. The fraction of sp³-hybridized carbons (Fsp3) is 0.217. The second-order valence-corrected chi connectivity index (χ2v) is 9.54. The summed E-state index contributed by atoms with van der Waals surface area (Å²) in [7, 11) is 0. The van der Waals surface area contributed by atoms with Crippen molar-refractivity contribution in [3.8, 4) is 10.6 Å². The smallest absolute Gasteiger partial charge is 0.416 e. The van der Waals surface area contributed by atoms with Gasteiger partial charge in [-0.2, -0.15) is 13.2 Å². The monoisotopic (exact) mass is 476 g/mol. The van der Waals surface area contributed by atoms with E-state index in [4.69, 9.17) is 5.11 Å². The average Bonchev–Trinajstić information content (AvgIpc) is 3.29. The Balaban J connectivity index is 1.51. The van der Waals surface area contributed by atoms with Gasteiger partial charge in [-0.25, -0.2) is 4.98 Å². The number of thiazole rings is 1. The molecule has 0 aliphatic heterocycles. The number of hydrogen-bond donors (Lipinski definition) is 1. The molecule has 0 saturated heterocycles. The minimum atomic E-state index is -4.35. The molecule has 0 saturated carbocycles. The zero-order valence-electron chi connectivity index (χ0n) is 17.2. The van der Waals surface area contributed by atoms with Crippen molar-refractivity contribution in [2.24, 2.45) is 0 Å². The van der Waals surface area contributed by atoms with Crippen molar-refractivity contribution < 1.29 is 23.1 Å². The number of fused-ring (bicyclic) bond motifs is 1. The number of carbonyl (C=O) groups is 1. The van der Waals surface area contributed by atoms with E-state index >= 15 is 0 Å². The Morgan fingerprint density at radius 2 is 1.88 bits per heavy atom. The molecule has 0 fully saturated rings. The Morgan fingerprint density at radius 3 is 2.53 bits per heavy atom. The zero-order chi connectivity index (χ0) is 23.0. The molecule has 32 heavy (non-hydrogen) atoms. The van der Waals surface area contributed by atoms with Crippen LogP contribution in [0.2, 0.25) is 0 Å². The lowest BCUT2D eigenvalue weighted by atomic mass is 10.1. The summed E-state index contributed by atoms with van der Waals surface area (Å²) in [5.74, 6) is -0.199. The molecule has 166 valence electrons. The molecule has 0 aliphatic carbocycles. The molecule has 2 aromatic heterocycles. The number of aromatic nitrogens is 2. The molecule has 2 aromatic carbocycles. The molecular weight excluding hydrogens is 457 g/mol. The summed E-state index contributed by atoms with van der Waals surface area (Å²) in [6.45, 7) is 3.79. The van der Waals surface area contributed by atoms with Crippen molar-refractivity contribution in [3.05, 3.63) is 70.4 Å². The van der Waals surface area contributed by atoms with Gasteiger partial charge in [-0.05, 0) is 49.7 Å². The lowest BCUT2D eigenvalue weighted by molar-refractivity contribution is -0.138. The number of alkyl halides is 3. The number of hydrogen-bond acceptors (Lipinski definition) is 4. The standard InChI is InChI=1S/C23H19F3N2O2S2/c1-13-9-18(10-16-7-8-28(21(13)16)11-20(29)30)31-12-19-14(2)27-22(32-19)15-3-5-17(6-4-15)23(24,25)26/h3-10H,11-12H2,1-2H3,(H,29,30). The zero-order valence-corrected chi connectivity index (χ0v) is 18.9. The van der Waals surface area contributed by atoms with E-state index in [1.165, 1.54) is 23.5 Å². The van der Waals surface area contributed by atoms with Crippen LogP contribution in [0, 0.1) is 13.8 Å². The molecule has 0 radical (unpaired) electrons. The van der Waals surface area contributed by atoms with Crippen LogP contribution in [0.15, 0.2) is 53.6 Å². The summed E-state index contributed by atoms with van der Waals surface area (Å²) in [5.41, 5.74) is 2.77. The van der Waals surface area contributed by atoms with Crippen LogP contribution in [0.4, 0.5) is 13.2 Å². The minimum absolute atomic E-state index is 0.0797. The predicted molar refractivity (Wildman–Crippen MR) is 121 cm³/mol. The van der Waals surface area contributed by atoms with Gasteiger partial charge in [-0.3, -0.25) is 4.79 Å². The molecule has 4 rings (SSSR count). The molecule has 0 aliphatic rings. The Hall–Kier alpha value is -2.78. The van der Waals surface area contributed by atoms with E-state index in [2.05, 4.69) is 4.98 Å². The Morgan fingerprint density at radius 1 is 1.16 bits per heavy atom. The molecule has 0 unspecified atom stereocenters. The van der Waals surface area contributed by atoms with Crippen LogP contribution >= 0.6 is 23.1 Å². The number of aliphatic carboxylic acids is 1. The van der Waals surface area contributed by atoms with Gasteiger partial charge in [0.25, 0.3) is 0 Å². The van der Waals surface area contributed by atoms with Crippen LogP contribution < -0.4 is 0 Å². The molecule has 0 spiro atoms. The van der Waals surface area contributed by atoms with Gasteiger partial charge in [0.2, 0.25) is 0 Å².